The van der Waals surface area contributed by atoms with Gasteiger partial charge in [0.05, 0.1) is 11.0 Å². The number of aliphatic hydroxyl groups excluding tert-OH is 1. The van der Waals surface area contributed by atoms with Gasteiger partial charge in [0, 0.05) is 24.8 Å². The molecule has 140 valence electrons. The number of nitrogens with zero attached hydrogens (tertiary/aromatic N) is 1. The molecule has 2 aromatic carbocycles. The number of benzene rings is 2. The Hall–Kier alpha value is -1.93. The van der Waals surface area contributed by atoms with Crippen LogP contribution < -0.4 is 11.5 Å². The number of sulfonamides is 1. The van der Waals surface area contributed by atoms with E-state index in [1.807, 2.05) is 37.3 Å². The van der Waals surface area contributed by atoms with E-state index in [4.69, 9.17) is 11.5 Å². The maximum absolute atomic E-state index is 12.9. The average Bonchev–Trinajstić information content (AvgIpc) is 2.60. The molecular weight excluding hydrogens is 350 g/mol. The molecule has 1 heterocycles. The van der Waals surface area contributed by atoms with Gasteiger partial charge in [-0.25, -0.2) is 8.42 Å². The van der Waals surface area contributed by atoms with Crippen LogP contribution in [0.3, 0.4) is 0 Å². The minimum absolute atomic E-state index is 0.00503. The molecule has 0 aliphatic carbocycles. The quantitative estimate of drug-likeness (QED) is 0.683. The van der Waals surface area contributed by atoms with Crippen molar-refractivity contribution in [1.82, 2.24) is 4.31 Å². The molecule has 0 aromatic heterocycles. The molecule has 0 saturated carbocycles. The number of hydrogen-bond donors (Lipinski definition) is 3. The zero-order chi connectivity index (χ0) is 18.9. The molecule has 0 amide bonds. The first-order valence-electron chi connectivity index (χ1n) is 8.66. The summed E-state index contributed by atoms with van der Waals surface area (Å²) in [5.41, 5.74) is 14.2. The first-order chi connectivity index (χ1) is 12.3. The van der Waals surface area contributed by atoms with Crippen LogP contribution in [0.25, 0.3) is 0 Å². The molecule has 0 fully saturated rings. The number of anilines is 1. The Kier molecular flexibility index (Phi) is 5.34. The van der Waals surface area contributed by atoms with Gasteiger partial charge in [-0.2, -0.15) is 4.31 Å². The molecule has 0 saturated heterocycles. The molecular formula is C19H25N3O3S. The van der Waals surface area contributed by atoms with E-state index >= 15 is 0 Å². The van der Waals surface area contributed by atoms with E-state index in [2.05, 4.69) is 0 Å². The molecule has 26 heavy (non-hydrogen) atoms. The second-order valence-electron chi connectivity index (χ2n) is 6.94. The van der Waals surface area contributed by atoms with Crippen molar-refractivity contribution in [1.29, 1.82) is 0 Å². The van der Waals surface area contributed by atoms with Crippen molar-refractivity contribution < 1.29 is 13.5 Å². The summed E-state index contributed by atoms with van der Waals surface area (Å²) in [6.07, 6.45) is -0.467. The summed E-state index contributed by atoms with van der Waals surface area (Å²) >= 11 is 0. The fourth-order valence-corrected chi connectivity index (χ4v) is 5.21. The smallest absolute Gasteiger partial charge is 0.243 e. The highest BCUT2D eigenvalue weighted by atomic mass is 32.2. The lowest BCUT2D eigenvalue weighted by molar-refractivity contribution is 0.117. The maximum atomic E-state index is 12.9. The van der Waals surface area contributed by atoms with Gasteiger partial charge in [-0.1, -0.05) is 37.3 Å². The summed E-state index contributed by atoms with van der Waals surface area (Å²) in [6, 6.07) is 13.9. The summed E-state index contributed by atoms with van der Waals surface area (Å²) in [5.74, 6) is -0.00503. The molecule has 0 radical (unpaired) electrons. The third kappa shape index (κ3) is 3.76. The number of nitrogen functional groups attached to an aromatic ring is 1. The Morgan fingerprint density at radius 1 is 1.23 bits per heavy atom. The fourth-order valence-electron chi connectivity index (χ4n) is 3.37. The molecule has 3 atom stereocenters. The molecule has 5 N–H and O–H groups in total. The highest BCUT2D eigenvalue weighted by Gasteiger charge is 2.36. The van der Waals surface area contributed by atoms with E-state index in [-0.39, 0.29) is 17.4 Å². The molecule has 1 unspecified atom stereocenters. The number of fused-ring (bicyclic) bond motifs is 1. The first-order valence-corrected chi connectivity index (χ1v) is 10.1. The van der Waals surface area contributed by atoms with Crippen LogP contribution >= 0.6 is 0 Å². The Morgan fingerprint density at radius 2 is 1.92 bits per heavy atom. The van der Waals surface area contributed by atoms with Crippen molar-refractivity contribution in [3.05, 3.63) is 59.7 Å². The van der Waals surface area contributed by atoms with Crippen molar-refractivity contribution in [3.63, 3.8) is 0 Å². The predicted octanol–water partition coefficient (Wildman–Crippen LogP) is 1.31. The number of β-amino-alcohol motifs (C(OH)–C–C–N with tert-alkyl or cyclic N) is 1. The lowest BCUT2D eigenvalue weighted by atomic mass is 9.99. The van der Waals surface area contributed by atoms with Crippen LogP contribution in [0.5, 0.6) is 0 Å². The van der Waals surface area contributed by atoms with Gasteiger partial charge in [0.15, 0.2) is 0 Å². The van der Waals surface area contributed by atoms with Gasteiger partial charge in [-0.3, -0.25) is 0 Å². The molecule has 3 rings (SSSR count). The third-order valence-electron chi connectivity index (χ3n) is 4.86. The normalized spacial score (nSPS) is 21.7. The lowest BCUT2D eigenvalue weighted by Crippen LogP contribution is -2.49. The molecule has 6 nitrogen and oxygen atoms in total. The van der Waals surface area contributed by atoms with E-state index in [0.717, 1.165) is 11.1 Å². The van der Waals surface area contributed by atoms with Gasteiger partial charge in [0.2, 0.25) is 10.0 Å². The van der Waals surface area contributed by atoms with E-state index in [0.29, 0.717) is 18.7 Å². The number of rotatable bonds is 5. The number of hydrogen-bond acceptors (Lipinski definition) is 5. The first kappa shape index (κ1) is 18.8. The second kappa shape index (κ2) is 7.36. The van der Waals surface area contributed by atoms with Crippen molar-refractivity contribution in [2.75, 3.05) is 18.8 Å². The van der Waals surface area contributed by atoms with Crippen LogP contribution in [-0.2, 0) is 16.4 Å². The highest BCUT2D eigenvalue weighted by molar-refractivity contribution is 7.89. The molecule has 0 spiro atoms. The van der Waals surface area contributed by atoms with Crippen molar-refractivity contribution in [2.24, 2.45) is 5.73 Å². The third-order valence-corrected chi connectivity index (χ3v) is 6.76. The summed E-state index contributed by atoms with van der Waals surface area (Å²) in [4.78, 5) is 0.259. The van der Waals surface area contributed by atoms with Crippen LogP contribution in [-0.4, -0.2) is 43.1 Å². The Balaban J connectivity index is 1.76. The van der Waals surface area contributed by atoms with Gasteiger partial charge >= 0.3 is 0 Å². The Bertz CT molecular complexity index is 871. The topological polar surface area (TPSA) is 110 Å². The standard InChI is InChI=1S/C19H25N3O3S/c1-13-11-22(26(24,25)19-8-7-15(20)10-16(13)19)12-18(23)17(21)9-14-5-3-2-4-6-14/h2-8,10,13,17-18,23H,9,11-12,20-21H2,1H3/t13?,17-,18+/m0/s1. The monoisotopic (exact) mass is 375 g/mol. The SMILES string of the molecule is CC1CN(C[C@@H](O)[C@@H](N)Cc2ccccc2)S(=O)(=O)c2ccc(N)cc21. The van der Waals surface area contributed by atoms with Crippen LogP contribution in [0.1, 0.15) is 24.0 Å². The summed E-state index contributed by atoms with van der Waals surface area (Å²) in [7, 11) is -3.67. The van der Waals surface area contributed by atoms with Gasteiger partial charge in [0.1, 0.15) is 0 Å². The molecule has 1 aliphatic heterocycles. The lowest BCUT2D eigenvalue weighted by Gasteiger charge is -2.34. The zero-order valence-corrected chi connectivity index (χ0v) is 15.6. The predicted molar refractivity (Wildman–Crippen MR) is 102 cm³/mol. The Labute approximate surface area is 154 Å². The Morgan fingerprint density at radius 3 is 2.62 bits per heavy atom. The van der Waals surface area contributed by atoms with E-state index in [1.54, 1.807) is 18.2 Å². The highest BCUT2D eigenvalue weighted by Crippen LogP contribution is 2.34. The largest absolute Gasteiger partial charge is 0.399 e. The summed E-state index contributed by atoms with van der Waals surface area (Å²) in [6.45, 7) is 2.23. The van der Waals surface area contributed by atoms with Gasteiger partial charge < -0.3 is 16.6 Å². The van der Waals surface area contributed by atoms with Gasteiger partial charge in [-0.05, 0) is 41.7 Å². The molecule has 1 aliphatic rings. The number of nitrogens with two attached hydrogens (primary N) is 2. The molecule has 7 heteroatoms. The van der Waals surface area contributed by atoms with E-state index in [9.17, 15) is 13.5 Å². The molecule has 2 aromatic rings. The minimum Gasteiger partial charge on any atom is -0.399 e. The van der Waals surface area contributed by atoms with Crippen LogP contribution in [0.15, 0.2) is 53.4 Å². The van der Waals surface area contributed by atoms with E-state index in [1.165, 1.54) is 4.31 Å². The second-order valence-corrected chi connectivity index (χ2v) is 8.85. The fraction of sp³-hybridized carbons (Fsp3) is 0.368. The van der Waals surface area contributed by atoms with Crippen LogP contribution in [0.2, 0.25) is 0 Å². The van der Waals surface area contributed by atoms with E-state index < -0.39 is 22.2 Å². The van der Waals surface area contributed by atoms with Crippen LogP contribution in [0.4, 0.5) is 5.69 Å². The van der Waals surface area contributed by atoms with Gasteiger partial charge in [0.25, 0.3) is 0 Å². The van der Waals surface area contributed by atoms with Crippen molar-refractivity contribution >= 4 is 15.7 Å². The summed E-state index contributed by atoms with van der Waals surface area (Å²) in [5, 5.41) is 10.5. The maximum Gasteiger partial charge on any atom is 0.243 e. The zero-order valence-electron chi connectivity index (χ0n) is 14.7. The average molecular weight is 375 g/mol. The van der Waals surface area contributed by atoms with Crippen LogP contribution in [0, 0.1) is 0 Å². The van der Waals surface area contributed by atoms with Crippen molar-refractivity contribution in [2.45, 2.75) is 36.3 Å². The van der Waals surface area contributed by atoms with Gasteiger partial charge in [-0.15, -0.1) is 0 Å². The minimum atomic E-state index is -3.67. The van der Waals surface area contributed by atoms with Crippen molar-refractivity contribution in [3.8, 4) is 0 Å². The summed E-state index contributed by atoms with van der Waals surface area (Å²) < 4.78 is 27.1. The number of aliphatic hydroxyl groups is 1. The molecule has 0 bridgehead atoms.